The number of rotatable bonds is 4. The molecule has 0 aliphatic rings. The first-order valence-electron chi connectivity index (χ1n) is 4.62. The summed E-state index contributed by atoms with van der Waals surface area (Å²) in [5, 5.41) is 12.2. The van der Waals surface area contributed by atoms with Crippen molar-refractivity contribution in [3.63, 3.8) is 0 Å². The second-order valence-corrected chi connectivity index (χ2v) is 3.09. The van der Waals surface area contributed by atoms with Crippen LogP contribution in [0.4, 0.5) is 6.01 Å². The van der Waals surface area contributed by atoms with Crippen LogP contribution < -0.4 is 5.32 Å². The summed E-state index contributed by atoms with van der Waals surface area (Å²) in [6.07, 6.45) is 0. The fraction of sp³-hybridized carbons (Fsp3) is 0.300. The third-order valence-corrected chi connectivity index (χ3v) is 1.95. The van der Waals surface area contributed by atoms with E-state index in [0.29, 0.717) is 30.3 Å². The van der Waals surface area contributed by atoms with Crippen molar-refractivity contribution in [3.8, 4) is 5.75 Å². The highest BCUT2D eigenvalue weighted by Crippen LogP contribution is 2.22. The van der Waals surface area contributed by atoms with Gasteiger partial charge in [0.15, 0.2) is 5.58 Å². The Labute approximate surface area is 86.7 Å². The molecule has 0 spiro atoms. The molecule has 1 heterocycles. The number of phenolic OH excluding ortho intramolecular Hbond substituents is 1. The predicted octanol–water partition coefficient (Wildman–Crippen LogP) is 1.59. The number of aromatic nitrogens is 1. The first kappa shape index (κ1) is 9.79. The molecule has 0 bridgehead atoms. The van der Waals surface area contributed by atoms with Gasteiger partial charge < -0.3 is 19.6 Å². The Morgan fingerprint density at radius 3 is 3.20 bits per heavy atom. The number of nitrogens with zero attached hydrogens (tertiary/aromatic N) is 1. The maximum atomic E-state index is 9.23. The van der Waals surface area contributed by atoms with Gasteiger partial charge >= 0.3 is 0 Å². The third kappa shape index (κ3) is 2.19. The molecular formula is C10H12N2O3. The maximum Gasteiger partial charge on any atom is 0.295 e. The number of anilines is 1. The summed E-state index contributed by atoms with van der Waals surface area (Å²) in [4.78, 5) is 4.18. The Hall–Kier alpha value is -1.75. The number of hydrogen-bond donors (Lipinski definition) is 2. The normalized spacial score (nSPS) is 10.7. The Morgan fingerprint density at radius 2 is 2.40 bits per heavy atom. The smallest absolute Gasteiger partial charge is 0.295 e. The lowest BCUT2D eigenvalue weighted by molar-refractivity contribution is 0.210. The van der Waals surface area contributed by atoms with Crippen molar-refractivity contribution in [2.24, 2.45) is 0 Å². The molecule has 0 radical (unpaired) electrons. The van der Waals surface area contributed by atoms with Crippen molar-refractivity contribution >= 4 is 17.1 Å². The number of nitrogens with one attached hydrogen (secondary N) is 1. The fourth-order valence-electron chi connectivity index (χ4n) is 1.25. The molecule has 0 aliphatic carbocycles. The monoisotopic (exact) mass is 208 g/mol. The molecule has 2 N–H and O–H groups in total. The zero-order valence-electron chi connectivity index (χ0n) is 8.36. The van der Waals surface area contributed by atoms with Crippen LogP contribution in [0.2, 0.25) is 0 Å². The van der Waals surface area contributed by atoms with Crippen LogP contribution in [0, 0.1) is 0 Å². The summed E-state index contributed by atoms with van der Waals surface area (Å²) in [6, 6.07) is 5.25. The van der Waals surface area contributed by atoms with Crippen molar-refractivity contribution in [2.75, 3.05) is 25.6 Å². The van der Waals surface area contributed by atoms with E-state index < -0.39 is 0 Å². The first-order valence-corrected chi connectivity index (χ1v) is 4.62. The van der Waals surface area contributed by atoms with Gasteiger partial charge in [0.2, 0.25) is 0 Å². The number of benzene rings is 1. The second-order valence-electron chi connectivity index (χ2n) is 3.09. The van der Waals surface area contributed by atoms with Crippen LogP contribution in [0.15, 0.2) is 22.6 Å². The zero-order chi connectivity index (χ0) is 10.7. The molecule has 0 amide bonds. The summed E-state index contributed by atoms with van der Waals surface area (Å²) in [5.74, 6) is 0.169. The standard InChI is InChI=1S/C10H12N2O3/c1-14-5-4-11-10-12-8-3-2-7(13)6-9(8)15-10/h2-3,6,13H,4-5H2,1H3,(H,11,12). The highest BCUT2D eigenvalue weighted by atomic mass is 16.5. The van der Waals surface area contributed by atoms with Gasteiger partial charge in [0, 0.05) is 19.7 Å². The van der Waals surface area contributed by atoms with Crippen LogP contribution in [0.1, 0.15) is 0 Å². The van der Waals surface area contributed by atoms with E-state index in [1.54, 1.807) is 19.2 Å². The lowest BCUT2D eigenvalue weighted by Crippen LogP contribution is -2.07. The van der Waals surface area contributed by atoms with Crippen LogP contribution >= 0.6 is 0 Å². The highest BCUT2D eigenvalue weighted by molar-refractivity contribution is 5.75. The molecule has 2 rings (SSSR count). The lowest BCUT2D eigenvalue weighted by Gasteiger charge is -1.98. The van der Waals surface area contributed by atoms with Crippen LogP contribution in [-0.4, -0.2) is 30.4 Å². The van der Waals surface area contributed by atoms with Crippen molar-refractivity contribution in [1.82, 2.24) is 4.98 Å². The van der Waals surface area contributed by atoms with E-state index in [9.17, 15) is 5.11 Å². The SMILES string of the molecule is COCCNc1nc2ccc(O)cc2o1. The summed E-state index contributed by atoms with van der Waals surface area (Å²) < 4.78 is 10.2. The Morgan fingerprint density at radius 1 is 1.53 bits per heavy atom. The number of methoxy groups -OCH3 is 1. The minimum atomic E-state index is 0.169. The quantitative estimate of drug-likeness (QED) is 0.747. The van der Waals surface area contributed by atoms with E-state index in [2.05, 4.69) is 10.3 Å². The number of oxazole rings is 1. The van der Waals surface area contributed by atoms with E-state index in [1.807, 2.05) is 0 Å². The fourth-order valence-corrected chi connectivity index (χ4v) is 1.25. The molecule has 0 saturated carbocycles. The van der Waals surface area contributed by atoms with Crippen molar-refractivity contribution < 1.29 is 14.3 Å². The van der Waals surface area contributed by atoms with Crippen LogP contribution in [0.5, 0.6) is 5.75 Å². The number of ether oxygens (including phenoxy) is 1. The average Bonchev–Trinajstić information content (AvgIpc) is 2.60. The van der Waals surface area contributed by atoms with E-state index in [1.165, 1.54) is 6.07 Å². The molecule has 1 aromatic heterocycles. The van der Waals surface area contributed by atoms with Gasteiger partial charge in [0.1, 0.15) is 11.3 Å². The number of hydrogen-bond acceptors (Lipinski definition) is 5. The van der Waals surface area contributed by atoms with E-state index in [-0.39, 0.29) is 5.75 Å². The van der Waals surface area contributed by atoms with E-state index in [0.717, 1.165) is 0 Å². The Bertz CT molecular complexity index is 453. The van der Waals surface area contributed by atoms with Gasteiger partial charge in [-0.3, -0.25) is 0 Å². The topological polar surface area (TPSA) is 67.5 Å². The summed E-state index contributed by atoms with van der Waals surface area (Å²) in [6.45, 7) is 1.22. The van der Waals surface area contributed by atoms with Crippen molar-refractivity contribution in [3.05, 3.63) is 18.2 Å². The molecule has 0 atom stereocenters. The van der Waals surface area contributed by atoms with Crippen LogP contribution in [-0.2, 0) is 4.74 Å². The van der Waals surface area contributed by atoms with Crippen LogP contribution in [0.3, 0.4) is 0 Å². The first-order chi connectivity index (χ1) is 7.29. The molecule has 1 aromatic carbocycles. The molecular weight excluding hydrogens is 196 g/mol. The molecule has 0 fully saturated rings. The maximum absolute atomic E-state index is 9.23. The molecule has 80 valence electrons. The van der Waals surface area contributed by atoms with E-state index in [4.69, 9.17) is 9.15 Å². The van der Waals surface area contributed by atoms with Gasteiger partial charge in [-0.2, -0.15) is 4.98 Å². The minimum Gasteiger partial charge on any atom is -0.508 e. The zero-order valence-corrected chi connectivity index (χ0v) is 8.36. The molecule has 0 aliphatic heterocycles. The second kappa shape index (κ2) is 4.18. The van der Waals surface area contributed by atoms with Gasteiger partial charge in [-0.05, 0) is 12.1 Å². The van der Waals surface area contributed by atoms with Crippen molar-refractivity contribution in [1.29, 1.82) is 0 Å². The molecule has 15 heavy (non-hydrogen) atoms. The van der Waals surface area contributed by atoms with E-state index >= 15 is 0 Å². The molecule has 5 heteroatoms. The Balaban J connectivity index is 2.16. The predicted molar refractivity (Wildman–Crippen MR) is 56.0 cm³/mol. The molecule has 0 unspecified atom stereocenters. The average molecular weight is 208 g/mol. The minimum absolute atomic E-state index is 0.169. The van der Waals surface area contributed by atoms with Gasteiger partial charge in [-0.25, -0.2) is 0 Å². The van der Waals surface area contributed by atoms with Crippen LogP contribution in [0.25, 0.3) is 11.1 Å². The lowest BCUT2D eigenvalue weighted by atomic mass is 10.3. The van der Waals surface area contributed by atoms with Gasteiger partial charge in [-0.1, -0.05) is 0 Å². The number of fused-ring (bicyclic) bond motifs is 1. The van der Waals surface area contributed by atoms with Gasteiger partial charge in [0.05, 0.1) is 6.61 Å². The third-order valence-electron chi connectivity index (χ3n) is 1.95. The largest absolute Gasteiger partial charge is 0.508 e. The highest BCUT2D eigenvalue weighted by Gasteiger charge is 2.04. The number of phenols is 1. The molecule has 5 nitrogen and oxygen atoms in total. The Kier molecular flexibility index (Phi) is 2.73. The summed E-state index contributed by atoms with van der Waals surface area (Å²) in [7, 11) is 1.63. The molecule has 2 aromatic rings. The number of aromatic hydroxyl groups is 1. The van der Waals surface area contributed by atoms with Gasteiger partial charge in [-0.15, -0.1) is 0 Å². The molecule has 0 saturated heterocycles. The van der Waals surface area contributed by atoms with Crippen molar-refractivity contribution in [2.45, 2.75) is 0 Å². The summed E-state index contributed by atoms with van der Waals surface area (Å²) in [5.41, 5.74) is 1.28. The van der Waals surface area contributed by atoms with Gasteiger partial charge in [0.25, 0.3) is 6.01 Å². The summed E-state index contributed by atoms with van der Waals surface area (Å²) >= 11 is 0.